The van der Waals surface area contributed by atoms with Gasteiger partial charge in [0.2, 0.25) is 0 Å². The molecule has 9 heteroatoms. The van der Waals surface area contributed by atoms with E-state index in [9.17, 15) is 14.4 Å². The molecule has 8 nitrogen and oxygen atoms in total. The van der Waals surface area contributed by atoms with Crippen LogP contribution in [0.25, 0.3) is 0 Å². The van der Waals surface area contributed by atoms with Gasteiger partial charge in [0, 0.05) is 27.9 Å². The first-order chi connectivity index (χ1) is 10.3. The van der Waals surface area contributed by atoms with E-state index >= 15 is 0 Å². The summed E-state index contributed by atoms with van der Waals surface area (Å²) in [5, 5.41) is -0.743. The SMILES string of the molecule is COC[C@H]1O[C@H](Br)[C@@H](OC(C)=O)[C@@H](OC(C)=O)[C@@H]1OC(C)=O. The summed E-state index contributed by atoms with van der Waals surface area (Å²) < 4.78 is 26.2. The number of esters is 3. The minimum atomic E-state index is -1.01. The molecule has 0 spiro atoms. The van der Waals surface area contributed by atoms with E-state index in [-0.39, 0.29) is 6.61 Å². The first kappa shape index (κ1) is 18.9. The van der Waals surface area contributed by atoms with Gasteiger partial charge in [0.25, 0.3) is 0 Å². The molecule has 126 valence electrons. The maximum atomic E-state index is 11.4. The molecule has 0 aromatic rings. The van der Waals surface area contributed by atoms with Gasteiger partial charge in [-0.3, -0.25) is 14.4 Å². The van der Waals surface area contributed by atoms with Crippen molar-refractivity contribution in [2.45, 2.75) is 50.2 Å². The Morgan fingerprint density at radius 1 is 0.909 bits per heavy atom. The van der Waals surface area contributed by atoms with Crippen molar-refractivity contribution in [2.24, 2.45) is 0 Å². The second-order valence-corrected chi connectivity index (χ2v) is 5.61. The van der Waals surface area contributed by atoms with Gasteiger partial charge in [0.15, 0.2) is 23.3 Å². The van der Waals surface area contributed by atoms with Gasteiger partial charge in [-0.05, 0) is 0 Å². The zero-order chi connectivity index (χ0) is 16.9. The fourth-order valence-corrected chi connectivity index (χ4v) is 2.83. The number of carbonyl (C=O) groups is 3. The highest BCUT2D eigenvalue weighted by molar-refractivity contribution is 9.09. The number of ether oxygens (including phenoxy) is 5. The summed E-state index contributed by atoms with van der Waals surface area (Å²) in [4.78, 5) is 33.9. The number of carbonyl (C=O) groups excluding carboxylic acids is 3. The molecule has 5 atom stereocenters. The Balaban J connectivity index is 3.09. The number of methoxy groups -OCH3 is 1. The molecule has 0 amide bonds. The van der Waals surface area contributed by atoms with E-state index < -0.39 is 47.3 Å². The molecule has 1 fully saturated rings. The molecule has 0 bridgehead atoms. The second kappa shape index (κ2) is 8.44. The standard InChI is InChI=1S/C13H19BrO8/c1-6(15)19-10-9(5-18-4)22-13(14)12(21-8(3)17)11(10)20-7(2)16/h9-13H,5H2,1-4H3/t9-,10-,11+,12+,13+/m1/s1. The van der Waals surface area contributed by atoms with E-state index in [2.05, 4.69) is 15.9 Å². The normalized spacial score (nSPS) is 31.2. The lowest BCUT2D eigenvalue weighted by Crippen LogP contribution is -2.60. The first-order valence-corrected chi connectivity index (χ1v) is 7.48. The van der Waals surface area contributed by atoms with Crippen LogP contribution in [0.2, 0.25) is 0 Å². The molecule has 1 rings (SSSR count). The molecule has 1 aliphatic rings. The van der Waals surface area contributed by atoms with Gasteiger partial charge in [0.1, 0.15) is 6.10 Å². The van der Waals surface area contributed by atoms with Crippen LogP contribution in [0, 0.1) is 0 Å². The van der Waals surface area contributed by atoms with Crippen molar-refractivity contribution < 1.29 is 38.1 Å². The van der Waals surface area contributed by atoms with Crippen LogP contribution >= 0.6 is 15.9 Å². The quantitative estimate of drug-likeness (QED) is 0.386. The highest BCUT2D eigenvalue weighted by Crippen LogP contribution is 2.31. The van der Waals surface area contributed by atoms with E-state index in [0.29, 0.717) is 0 Å². The molecule has 0 radical (unpaired) electrons. The Morgan fingerprint density at radius 3 is 1.82 bits per heavy atom. The van der Waals surface area contributed by atoms with Crippen molar-refractivity contribution >= 4 is 33.8 Å². The van der Waals surface area contributed by atoms with E-state index in [4.69, 9.17) is 23.7 Å². The van der Waals surface area contributed by atoms with Crippen LogP contribution in [0.1, 0.15) is 20.8 Å². The minimum absolute atomic E-state index is 0.102. The third-order valence-electron chi connectivity index (χ3n) is 2.81. The summed E-state index contributed by atoms with van der Waals surface area (Å²) in [6, 6.07) is 0. The first-order valence-electron chi connectivity index (χ1n) is 6.56. The summed E-state index contributed by atoms with van der Waals surface area (Å²) in [5.74, 6) is -1.76. The Morgan fingerprint density at radius 2 is 1.36 bits per heavy atom. The smallest absolute Gasteiger partial charge is 0.303 e. The molecule has 0 aromatic carbocycles. The lowest BCUT2D eigenvalue weighted by atomic mass is 9.99. The predicted molar refractivity (Wildman–Crippen MR) is 76.1 cm³/mol. The number of hydrogen-bond donors (Lipinski definition) is 0. The lowest BCUT2D eigenvalue weighted by molar-refractivity contribution is -0.236. The summed E-state index contributed by atoms with van der Waals surface area (Å²) in [7, 11) is 1.45. The highest BCUT2D eigenvalue weighted by Gasteiger charge is 2.50. The summed E-state index contributed by atoms with van der Waals surface area (Å²) in [6.45, 7) is 3.74. The Kier molecular flexibility index (Phi) is 7.24. The van der Waals surface area contributed by atoms with Crippen LogP contribution in [0.15, 0.2) is 0 Å². The Labute approximate surface area is 136 Å². The maximum Gasteiger partial charge on any atom is 0.303 e. The minimum Gasteiger partial charge on any atom is -0.456 e. The summed E-state index contributed by atoms with van der Waals surface area (Å²) in [6.07, 6.45) is -3.61. The summed E-state index contributed by atoms with van der Waals surface area (Å²) in [5.41, 5.74) is 0. The van der Waals surface area contributed by atoms with E-state index in [1.807, 2.05) is 0 Å². The van der Waals surface area contributed by atoms with E-state index in [0.717, 1.165) is 0 Å². The van der Waals surface area contributed by atoms with Crippen molar-refractivity contribution in [3.8, 4) is 0 Å². The van der Waals surface area contributed by atoms with Gasteiger partial charge >= 0.3 is 17.9 Å². The third kappa shape index (κ3) is 5.22. The largest absolute Gasteiger partial charge is 0.456 e. The van der Waals surface area contributed by atoms with Crippen molar-refractivity contribution in [1.82, 2.24) is 0 Å². The molecule has 0 aromatic heterocycles. The van der Waals surface area contributed by atoms with Crippen LogP contribution in [0.4, 0.5) is 0 Å². The van der Waals surface area contributed by atoms with Crippen LogP contribution < -0.4 is 0 Å². The number of hydrogen-bond acceptors (Lipinski definition) is 8. The average molecular weight is 383 g/mol. The molecule has 0 N–H and O–H groups in total. The molecule has 0 unspecified atom stereocenters. The van der Waals surface area contributed by atoms with Gasteiger partial charge in [0.05, 0.1) is 6.61 Å². The van der Waals surface area contributed by atoms with Gasteiger partial charge < -0.3 is 23.7 Å². The topological polar surface area (TPSA) is 97.4 Å². The zero-order valence-corrected chi connectivity index (χ0v) is 14.3. The number of halogens is 1. The molecule has 1 aliphatic heterocycles. The maximum absolute atomic E-state index is 11.4. The van der Waals surface area contributed by atoms with Crippen LogP contribution in [-0.2, 0) is 38.1 Å². The molecule has 0 aliphatic carbocycles. The fraction of sp³-hybridized carbons (Fsp3) is 0.769. The average Bonchev–Trinajstić information content (AvgIpc) is 2.37. The van der Waals surface area contributed by atoms with E-state index in [1.54, 1.807) is 0 Å². The van der Waals surface area contributed by atoms with Crippen molar-refractivity contribution in [1.29, 1.82) is 0 Å². The molecular weight excluding hydrogens is 364 g/mol. The van der Waals surface area contributed by atoms with Crippen molar-refractivity contribution in [2.75, 3.05) is 13.7 Å². The van der Waals surface area contributed by atoms with Gasteiger partial charge in [-0.1, -0.05) is 15.9 Å². The second-order valence-electron chi connectivity index (χ2n) is 4.70. The highest BCUT2D eigenvalue weighted by atomic mass is 79.9. The molecule has 1 heterocycles. The predicted octanol–water partition coefficient (Wildman–Crippen LogP) is 0.548. The Bertz CT molecular complexity index is 426. The van der Waals surface area contributed by atoms with Crippen molar-refractivity contribution in [3.05, 3.63) is 0 Å². The molecule has 0 saturated carbocycles. The monoisotopic (exact) mass is 382 g/mol. The van der Waals surface area contributed by atoms with Crippen LogP contribution in [-0.4, -0.2) is 61.1 Å². The molecular formula is C13H19BrO8. The third-order valence-corrected chi connectivity index (χ3v) is 3.55. The van der Waals surface area contributed by atoms with Crippen LogP contribution in [0.5, 0.6) is 0 Å². The van der Waals surface area contributed by atoms with Gasteiger partial charge in [-0.25, -0.2) is 0 Å². The van der Waals surface area contributed by atoms with Gasteiger partial charge in [-0.2, -0.15) is 0 Å². The fourth-order valence-electron chi connectivity index (χ4n) is 2.14. The molecule has 22 heavy (non-hydrogen) atoms. The molecule has 1 saturated heterocycles. The number of rotatable bonds is 5. The zero-order valence-electron chi connectivity index (χ0n) is 12.7. The Hall–Kier alpha value is -1.19. The van der Waals surface area contributed by atoms with Gasteiger partial charge in [-0.15, -0.1) is 0 Å². The van der Waals surface area contributed by atoms with Crippen LogP contribution in [0.3, 0.4) is 0 Å². The lowest BCUT2D eigenvalue weighted by Gasteiger charge is -2.42. The van der Waals surface area contributed by atoms with E-state index in [1.165, 1.54) is 27.9 Å². The van der Waals surface area contributed by atoms with Crippen molar-refractivity contribution in [3.63, 3.8) is 0 Å². The summed E-state index contributed by atoms with van der Waals surface area (Å²) >= 11 is 3.23. The number of alkyl halides is 1.